The zero-order valence-corrected chi connectivity index (χ0v) is 11.0. The third-order valence-corrected chi connectivity index (χ3v) is 4.80. The molecule has 0 N–H and O–H groups in total. The Kier molecular flexibility index (Phi) is 2.22. The highest BCUT2D eigenvalue weighted by Gasteiger charge is 2.54. The van der Waals surface area contributed by atoms with Gasteiger partial charge in [0.1, 0.15) is 11.3 Å². The number of halogens is 1. The van der Waals surface area contributed by atoms with Gasteiger partial charge < -0.3 is 4.57 Å². The summed E-state index contributed by atoms with van der Waals surface area (Å²) >= 11 is 6.04. The number of aromatic nitrogens is 3. The fourth-order valence-corrected chi connectivity index (χ4v) is 3.38. The van der Waals surface area contributed by atoms with Crippen molar-refractivity contribution in [3.8, 4) is 0 Å². The van der Waals surface area contributed by atoms with E-state index in [0.29, 0.717) is 11.3 Å². The molecule has 3 nitrogen and oxygen atoms in total. The summed E-state index contributed by atoms with van der Waals surface area (Å²) in [5.74, 6) is 2.43. The molecule has 0 bridgehead atoms. The molecule has 94 valence electrons. The van der Waals surface area contributed by atoms with Crippen LogP contribution < -0.4 is 0 Å². The fraction of sp³-hybridized carbons (Fsp3) is 0.571. The van der Waals surface area contributed by atoms with Gasteiger partial charge in [-0.15, -0.1) is 11.6 Å². The van der Waals surface area contributed by atoms with Crippen LogP contribution >= 0.6 is 11.6 Å². The van der Waals surface area contributed by atoms with Crippen LogP contribution in [0.3, 0.4) is 0 Å². The Morgan fingerprint density at radius 1 is 1.39 bits per heavy atom. The molecule has 4 rings (SSSR count). The van der Waals surface area contributed by atoms with Crippen LogP contribution in [0, 0.1) is 11.3 Å². The maximum absolute atomic E-state index is 6.04. The van der Waals surface area contributed by atoms with Crippen LogP contribution in [0.5, 0.6) is 0 Å². The molecule has 2 saturated carbocycles. The summed E-state index contributed by atoms with van der Waals surface area (Å²) in [6, 6.07) is 2.06. The van der Waals surface area contributed by atoms with Crippen LogP contribution in [0.25, 0.3) is 11.0 Å². The van der Waals surface area contributed by atoms with Crippen molar-refractivity contribution < 1.29 is 0 Å². The SMILES string of the molecule is ClCc1nc2cnccc2n1CC1(C2CC2)CC1. The zero-order chi connectivity index (χ0) is 12.2. The largest absolute Gasteiger partial charge is 0.326 e. The molecule has 2 aromatic heterocycles. The van der Waals surface area contributed by atoms with Gasteiger partial charge in [-0.05, 0) is 43.1 Å². The second-order valence-corrected chi connectivity index (χ2v) is 6.02. The summed E-state index contributed by atoms with van der Waals surface area (Å²) in [4.78, 5) is 8.73. The van der Waals surface area contributed by atoms with Gasteiger partial charge in [0, 0.05) is 12.7 Å². The lowest BCUT2D eigenvalue weighted by atomic mass is 10.0. The quantitative estimate of drug-likeness (QED) is 0.790. The monoisotopic (exact) mass is 261 g/mol. The Labute approximate surface area is 111 Å². The summed E-state index contributed by atoms with van der Waals surface area (Å²) in [5, 5.41) is 0. The molecule has 0 saturated heterocycles. The van der Waals surface area contributed by atoms with E-state index in [-0.39, 0.29) is 0 Å². The van der Waals surface area contributed by atoms with Crippen LogP contribution in [0.2, 0.25) is 0 Å². The van der Waals surface area contributed by atoms with E-state index >= 15 is 0 Å². The summed E-state index contributed by atoms with van der Waals surface area (Å²) < 4.78 is 2.33. The number of rotatable bonds is 4. The minimum atomic E-state index is 0.482. The number of hydrogen-bond acceptors (Lipinski definition) is 2. The van der Waals surface area contributed by atoms with Crippen molar-refractivity contribution >= 4 is 22.6 Å². The van der Waals surface area contributed by atoms with Gasteiger partial charge in [0.2, 0.25) is 0 Å². The lowest BCUT2D eigenvalue weighted by Crippen LogP contribution is -2.15. The van der Waals surface area contributed by atoms with Crippen molar-refractivity contribution in [1.29, 1.82) is 0 Å². The van der Waals surface area contributed by atoms with Crippen LogP contribution in [0.4, 0.5) is 0 Å². The second kappa shape index (κ2) is 3.70. The van der Waals surface area contributed by atoms with E-state index in [4.69, 9.17) is 11.6 Å². The first-order valence-electron chi connectivity index (χ1n) is 6.67. The van der Waals surface area contributed by atoms with Crippen molar-refractivity contribution in [3.63, 3.8) is 0 Å². The fourth-order valence-electron chi connectivity index (χ4n) is 3.18. The second-order valence-electron chi connectivity index (χ2n) is 5.75. The topological polar surface area (TPSA) is 30.7 Å². The average Bonchev–Trinajstić information content (AvgIpc) is 3.27. The van der Waals surface area contributed by atoms with Gasteiger partial charge in [-0.3, -0.25) is 4.98 Å². The smallest absolute Gasteiger partial charge is 0.124 e. The summed E-state index contributed by atoms with van der Waals surface area (Å²) in [6.45, 7) is 1.10. The number of nitrogens with zero attached hydrogens (tertiary/aromatic N) is 3. The first-order chi connectivity index (χ1) is 8.82. The molecule has 0 aliphatic heterocycles. The number of fused-ring (bicyclic) bond motifs is 1. The maximum Gasteiger partial charge on any atom is 0.124 e. The van der Waals surface area contributed by atoms with Crippen molar-refractivity contribution in [3.05, 3.63) is 24.3 Å². The molecule has 4 heteroatoms. The molecular weight excluding hydrogens is 246 g/mol. The van der Waals surface area contributed by atoms with Gasteiger partial charge in [0.05, 0.1) is 17.6 Å². The van der Waals surface area contributed by atoms with Crippen LogP contribution in [-0.4, -0.2) is 14.5 Å². The lowest BCUT2D eigenvalue weighted by Gasteiger charge is -2.17. The molecule has 2 fully saturated rings. The first kappa shape index (κ1) is 10.8. The van der Waals surface area contributed by atoms with Gasteiger partial charge in [-0.1, -0.05) is 0 Å². The highest BCUT2D eigenvalue weighted by molar-refractivity contribution is 6.16. The Bertz CT molecular complexity index is 596. The first-order valence-corrected chi connectivity index (χ1v) is 7.21. The van der Waals surface area contributed by atoms with E-state index in [1.54, 1.807) is 0 Å². The summed E-state index contributed by atoms with van der Waals surface area (Å²) in [5.41, 5.74) is 2.73. The molecule has 0 radical (unpaired) electrons. The molecule has 0 atom stereocenters. The molecule has 0 unspecified atom stereocenters. The normalized spacial score (nSPS) is 21.4. The standard InChI is InChI=1S/C14H16ClN3/c15-7-13-17-11-8-16-6-3-12(11)18(13)9-14(4-5-14)10-1-2-10/h3,6,8,10H,1-2,4-5,7,9H2. The molecule has 0 spiro atoms. The van der Waals surface area contributed by atoms with Gasteiger partial charge >= 0.3 is 0 Å². The van der Waals surface area contributed by atoms with Crippen molar-refractivity contribution in [2.75, 3.05) is 0 Å². The summed E-state index contributed by atoms with van der Waals surface area (Å²) in [7, 11) is 0. The van der Waals surface area contributed by atoms with Crippen LogP contribution in [0.1, 0.15) is 31.5 Å². The average molecular weight is 262 g/mol. The molecule has 18 heavy (non-hydrogen) atoms. The van der Waals surface area contributed by atoms with Crippen molar-refractivity contribution in [2.24, 2.45) is 11.3 Å². The van der Waals surface area contributed by atoms with E-state index < -0.39 is 0 Å². The number of pyridine rings is 1. The Morgan fingerprint density at radius 3 is 2.89 bits per heavy atom. The van der Waals surface area contributed by atoms with Gasteiger partial charge in [-0.25, -0.2) is 4.98 Å². The molecule has 2 aliphatic rings. The number of imidazole rings is 1. The minimum Gasteiger partial charge on any atom is -0.326 e. The molecule has 0 amide bonds. The van der Waals surface area contributed by atoms with Crippen molar-refractivity contribution in [2.45, 2.75) is 38.1 Å². The zero-order valence-electron chi connectivity index (χ0n) is 10.3. The third-order valence-electron chi connectivity index (χ3n) is 4.56. The van der Waals surface area contributed by atoms with E-state index in [0.717, 1.165) is 23.8 Å². The Balaban J connectivity index is 1.78. The van der Waals surface area contributed by atoms with E-state index in [1.165, 1.54) is 31.2 Å². The molecule has 0 aromatic carbocycles. The van der Waals surface area contributed by atoms with Crippen LogP contribution in [0.15, 0.2) is 18.5 Å². The van der Waals surface area contributed by atoms with E-state index in [9.17, 15) is 0 Å². The molecule has 2 heterocycles. The molecular formula is C14H16ClN3. The number of alkyl halides is 1. The predicted molar refractivity (Wildman–Crippen MR) is 71.5 cm³/mol. The highest BCUT2D eigenvalue weighted by Crippen LogP contribution is 2.62. The predicted octanol–water partition coefficient (Wildman–Crippen LogP) is 3.36. The van der Waals surface area contributed by atoms with E-state index in [1.807, 2.05) is 12.4 Å². The third kappa shape index (κ3) is 1.57. The highest BCUT2D eigenvalue weighted by atomic mass is 35.5. The van der Waals surface area contributed by atoms with Gasteiger partial charge in [0.25, 0.3) is 0 Å². The Morgan fingerprint density at radius 2 is 2.22 bits per heavy atom. The lowest BCUT2D eigenvalue weighted by molar-refractivity contribution is 0.371. The van der Waals surface area contributed by atoms with E-state index in [2.05, 4.69) is 20.6 Å². The van der Waals surface area contributed by atoms with Gasteiger partial charge in [0.15, 0.2) is 0 Å². The van der Waals surface area contributed by atoms with Crippen LogP contribution in [-0.2, 0) is 12.4 Å². The summed E-state index contributed by atoms with van der Waals surface area (Å²) in [6.07, 6.45) is 9.27. The maximum atomic E-state index is 6.04. The molecule has 2 aromatic rings. The Hall–Kier alpha value is -1.09. The molecule has 2 aliphatic carbocycles. The van der Waals surface area contributed by atoms with Gasteiger partial charge in [-0.2, -0.15) is 0 Å². The van der Waals surface area contributed by atoms with Crippen molar-refractivity contribution in [1.82, 2.24) is 14.5 Å². The minimum absolute atomic E-state index is 0.482. The number of hydrogen-bond donors (Lipinski definition) is 0.